The first-order valence-corrected chi connectivity index (χ1v) is 12.1. The third-order valence-electron chi connectivity index (χ3n) is 7.13. The average Bonchev–Trinajstić information content (AvgIpc) is 3.44. The van der Waals surface area contributed by atoms with Crippen molar-refractivity contribution in [1.29, 1.82) is 0 Å². The second-order valence-corrected chi connectivity index (χ2v) is 10.0. The van der Waals surface area contributed by atoms with Gasteiger partial charge in [0.1, 0.15) is 5.03 Å². The molecule has 9 heteroatoms. The molecule has 1 aromatic carbocycles. The molecular formula is C25H24N8S. The molecule has 4 N–H and O–H groups in total. The maximum absolute atomic E-state index is 6.80. The summed E-state index contributed by atoms with van der Waals surface area (Å²) in [5, 5.41) is 0.759. The Bertz CT molecular complexity index is 1430. The smallest absolute Gasteiger partial charge is 0.221 e. The zero-order chi connectivity index (χ0) is 23.3. The molecule has 1 saturated heterocycles. The SMILES string of the molecule is C#Cc1ccc2c(c1)[C@@H](N)C1(CCN(c3ncc(Sc4ccnc(N)n4)c4nccn34)CC1)C2. The number of hydrogen-bond donors (Lipinski definition) is 2. The van der Waals surface area contributed by atoms with Crippen LogP contribution in [0.15, 0.2) is 59.0 Å². The third kappa shape index (κ3) is 3.38. The van der Waals surface area contributed by atoms with Gasteiger partial charge < -0.3 is 16.4 Å². The molecular weight excluding hydrogens is 444 g/mol. The Morgan fingerprint density at radius 2 is 1.97 bits per heavy atom. The van der Waals surface area contributed by atoms with Gasteiger partial charge in [-0.25, -0.2) is 19.9 Å². The summed E-state index contributed by atoms with van der Waals surface area (Å²) < 4.78 is 2.05. The summed E-state index contributed by atoms with van der Waals surface area (Å²) in [7, 11) is 0. The van der Waals surface area contributed by atoms with E-state index < -0.39 is 0 Å². The molecule has 0 amide bonds. The summed E-state index contributed by atoms with van der Waals surface area (Å²) in [5.74, 6) is 3.88. The lowest BCUT2D eigenvalue weighted by Crippen LogP contribution is -2.45. The summed E-state index contributed by atoms with van der Waals surface area (Å²) in [5.41, 5.74) is 16.9. The topological polar surface area (TPSA) is 111 Å². The summed E-state index contributed by atoms with van der Waals surface area (Å²) in [6.45, 7) is 1.78. The van der Waals surface area contributed by atoms with E-state index in [-0.39, 0.29) is 17.4 Å². The minimum absolute atomic E-state index is 0.0123. The van der Waals surface area contributed by atoms with Crippen molar-refractivity contribution in [2.45, 2.75) is 35.2 Å². The Hall–Kier alpha value is -3.61. The molecule has 1 aliphatic carbocycles. The van der Waals surface area contributed by atoms with Crippen LogP contribution in [0.3, 0.4) is 0 Å². The minimum Gasteiger partial charge on any atom is -0.368 e. The first-order valence-electron chi connectivity index (χ1n) is 11.2. The van der Waals surface area contributed by atoms with E-state index in [1.165, 1.54) is 22.9 Å². The number of nitrogens with zero attached hydrogens (tertiary/aromatic N) is 6. The largest absolute Gasteiger partial charge is 0.368 e. The normalized spacial score (nSPS) is 18.8. The highest BCUT2D eigenvalue weighted by Gasteiger charge is 2.46. The summed E-state index contributed by atoms with van der Waals surface area (Å²) in [4.78, 5) is 20.9. The molecule has 1 spiro atoms. The predicted octanol–water partition coefficient (Wildman–Crippen LogP) is 3.08. The van der Waals surface area contributed by atoms with Crippen molar-refractivity contribution < 1.29 is 0 Å². The second kappa shape index (κ2) is 8.01. The number of imidazole rings is 1. The van der Waals surface area contributed by atoms with Gasteiger partial charge >= 0.3 is 0 Å². The van der Waals surface area contributed by atoms with Crippen LogP contribution in [0.5, 0.6) is 0 Å². The van der Waals surface area contributed by atoms with Crippen molar-refractivity contribution in [3.63, 3.8) is 0 Å². The highest BCUT2D eigenvalue weighted by molar-refractivity contribution is 7.99. The lowest BCUT2D eigenvalue weighted by molar-refractivity contribution is 0.186. The lowest BCUT2D eigenvalue weighted by atomic mass is 9.73. The fourth-order valence-corrected chi connectivity index (χ4v) is 6.15. The van der Waals surface area contributed by atoms with Crippen LogP contribution in [-0.4, -0.2) is 37.4 Å². The van der Waals surface area contributed by atoms with Gasteiger partial charge in [0.25, 0.3) is 0 Å². The molecule has 0 radical (unpaired) electrons. The number of terminal acetylenes is 1. The van der Waals surface area contributed by atoms with Gasteiger partial charge in [-0.05, 0) is 54.0 Å². The number of fused-ring (bicyclic) bond motifs is 2. The molecule has 0 bridgehead atoms. The molecule has 3 aromatic heterocycles. The number of piperidine rings is 1. The molecule has 6 rings (SSSR count). The summed E-state index contributed by atoms with van der Waals surface area (Å²) >= 11 is 1.48. The van der Waals surface area contributed by atoms with Crippen LogP contribution in [0.25, 0.3) is 5.65 Å². The Labute approximate surface area is 201 Å². The van der Waals surface area contributed by atoms with Crippen LogP contribution in [0, 0.1) is 17.8 Å². The molecule has 8 nitrogen and oxygen atoms in total. The zero-order valence-corrected chi connectivity index (χ0v) is 19.4. The van der Waals surface area contributed by atoms with Gasteiger partial charge in [0.15, 0.2) is 5.65 Å². The van der Waals surface area contributed by atoms with Crippen LogP contribution < -0.4 is 16.4 Å². The molecule has 0 unspecified atom stereocenters. The molecule has 1 aliphatic heterocycles. The van der Waals surface area contributed by atoms with E-state index >= 15 is 0 Å². The molecule has 0 saturated carbocycles. The number of aromatic nitrogens is 5. The van der Waals surface area contributed by atoms with Crippen molar-refractivity contribution >= 4 is 29.3 Å². The average molecular weight is 469 g/mol. The van der Waals surface area contributed by atoms with Gasteiger partial charge in [0.2, 0.25) is 11.9 Å². The van der Waals surface area contributed by atoms with Crippen molar-refractivity contribution in [3.05, 3.63) is 65.7 Å². The van der Waals surface area contributed by atoms with Crippen LogP contribution in [0.2, 0.25) is 0 Å². The van der Waals surface area contributed by atoms with Gasteiger partial charge in [-0.15, -0.1) is 6.42 Å². The lowest BCUT2D eigenvalue weighted by Gasteiger charge is -2.42. The van der Waals surface area contributed by atoms with Crippen LogP contribution in [-0.2, 0) is 6.42 Å². The van der Waals surface area contributed by atoms with E-state index in [1.54, 1.807) is 12.4 Å². The molecule has 4 aromatic rings. The quantitative estimate of drug-likeness (QED) is 0.349. The van der Waals surface area contributed by atoms with Gasteiger partial charge in [-0.3, -0.25) is 4.40 Å². The van der Waals surface area contributed by atoms with Crippen molar-refractivity contribution in [1.82, 2.24) is 24.3 Å². The van der Waals surface area contributed by atoms with Gasteiger partial charge in [-0.1, -0.05) is 23.7 Å². The molecule has 2 aliphatic rings. The fraction of sp³-hybridized carbons (Fsp3) is 0.280. The fourth-order valence-electron chi connectivity index (χ4n) is 5.31. The number of rotatable bonds is 3. The number of hydrogen-bond acceptors (Lipinski definition) is 8. The van der Waals surface area contributed by atoms with Crippen LogP contribution in [0.1, 0.15) is 35.6 Å². The van der Waals surface area contributed by atoms with E-state index in [9.17, 15) is 0 Å². The van der Waals surface area contributed by atoms with E-state index in [0.717, 1.165) is 59.4 Å². The van der Waals surface area contributed by atoms with Gasteiger partial charge in [0, 0.05) is 49.5 Å². The third-order valence-corrected chi connectivity index (χ3v) is 8.07. The van der Waals surface area contributed by atoms with Crippen LogP contribution in [0.4, 0.5) is 11.9 Å². The number of nitrogens with two attached hydrogens (primary N) is 2. The minimum atomic E-state index is 0.0123. The first-order chi connectivity index (χ1) is 16.6. The molecule has 1 fully saturated rings. The van der Waals surface area contributed by atoms with Gasteiger partial charge in [-0.2, -0.15) is 0 Å². The van der Waals surface area contributed by atoms with Crippen LogP contribution >= 0.6 is 11.8 Å². The van der Waals surface area contributed by atoms with E-state index in [2.05, 4.69) is 37.9 Å². The molecule has 4 heterocycles. The maximum atomic E-state index is 6.80. The second-order valence-electron chi connectivity index (χ2n) is 8.96. The van der Waals surface area contributed by atoms with E-state index in [4.69, 9.17) is 22.9 Å². The maximum Gasteiger partial charge on any atom is 0.221 e. The van der Waals surface area contributed by atoms with Gasteiger partial charge in [0.05, 0.1) is 4.90 Å². The Morgan fingerprint density at radius 3 is 2.76 bits per heavy atom. The number of nitrogen functional groups attached to an aromatic ring is 1. The van der Waals surface area contributed by atoms with Crippen molar-refractivity contribution in [3.8, 4) is 12.3 Å². The molecule has 1 atom stereocenters. The number of anilines is 2. The molecule has 170 valence electrons. The first kappa shape index (κ1) is 21.0. The zero-order valence-electron chi connectivity index (χ0n) is 18.6. The Kier molecular flexibility index (Phi) is 4.94. The highest BCUT2D eigenvalue weighted by Crippen LogP contribution is 2.51. The standard InChI is InChI=1S/C25H24N8S/c1-2-16-3-4-17-14-25(21(26)18(17)13-16)6-10-32(11-7-25)24-30-15-19(22-28-9-12-33(22)24)34-20-5-8-29-23(27)31-20/h1,3-5,8-9,12-13,15,21H,6-7,10-11,14,26H2,(H2,27,29,31)/t21-/m1/s1. The number of benzene rings is 1. The Balaban J connectivity index is 1.24. The Morgan fingerprint density at radius 1 is 1.12 bits per heavy atom. The predicted molar refractivity (Wildman–Crippen MR) is 132 cm³/mol. The summed E-state index contributed by atoms with van der Waals surface area (Å²) in [6, 6.07) is 8.12. The monoisotopic (exact) mass is 468 g/mol. The van der Waals surface area contributed by atoms with Crippen molar-refractivity contribution in [2.75, 3.05) is 23.7 Å². The van der Waals surface area contributed by atoms with Crippen molar-refractivity contribution in [2.24, 2.45) is 11.1 Å². The highest BCUT2D eigenvalue weighted by atomic mass is 32.2. The summed E-state index contributed by atoms with van der Waals surface area (Å²) in [6.07, 6.45) is 15.9. The van der Waals surface area contributed by atoms with E-state index in [1.807, 2.05) is 28.9 Å². The molecule has 34 heavy (non-hydrogen) atoms. The van der Waals surface area contributed by atoms with E-state index in [0.29, 0.717) is 0 Å².